The molecule has 0 radical (unpaired) electrons. The smallest absolute Gasteiger partial charge is 0.321 e. The second-order valence-electron chi connectivity index (χ2n) is 5.33. The van der Waals surface area contributed by atoms with Crippen molar-refractivity contribution in [3.63, 3.8) is 0 Å². The van der Waals surface area contributed by atoms with Crippen LogP contribution in [0.3, 0.4) is 0 Å². The summed E-state index contributed by atoms with van der Waals surface area (Å²) in [7, 11) is 1.87. The van der Waals surface area contributed by atoms with Gasteiger partial charge in [0.1, 0.15) is 5.82 Å². The zero-order chi connectivity index (χ0) is 17.5. The van der Waals surface area contributed by atoms with Gasteiger partial charge in [0.15, 0.2) is 5.16 Å². The van der Waals surface area contributed by atoms with Gasteiger partial charge in [-0.15, -0.1) is 21.5 Å². The highest BCUT2D eigenvalue weighted by Crippen LogP contribution is 2.18. The summed E-state index contributed by atoms with van der Waals surface area (Å²) < 4.78 is 1.87. The monoisotopic (exact) mass is 367 g/mol. The van der Waals surface area contributed by atoms with E-state index in [-0.39, 0.29) is 17.7 Å². The van der Waals surface area contributed by atoms with Gasteiger partial charge in [-0.3, -0.25) is 10.1 Å². The van der Waals surface area contributed by atoms with Gasteiger partial charge in [-0.2, -0.15) is 0 Å². The molecule has 0 spiro atoms. The third-order valence-corrected chi connectivity index (χ3v) is 5.31. The summed E-state index contributed by atoms with van der Waals surface area (Å²) in [5.41, 5.74) is 0. The number of carbonyl (C=O) groups excluding carboxylic acids is 2. The number of aromatic nitrogens is 3. The highest BCUT2D eigenvalue weighted by atomic mass is 32.2. The minimum atomic E-state index is -0.466. The Labute approximate surface area is 149 Å². The van der Waals surface area contributed by atoms with Gasteiger partial charge >= 0.3 is 6.03 Å². The Morgan fingerprint density at radius 1 is 1.42 bits per heavy atom. The van der Waals surface area contributed by atoms with E-state index in [0.717, 1.165) is 12.2 Å². The van der Waals surface area contributed by atoms with Crippen molar-refractivity contribution in [1.82, 2.24) is 25.4 Å². The van der Waals surface area contributed by atoms with Gasteiger partial charge in [-0.05, 0) is 24.8 Å². The number of amides is 3. The topological polar surface area (TPSA) is 88.9 Å². The van der Waals surface area contributed by atoms with Crippen LogP contribution in [0.2, 0.25) is 0 Å². The van der Waals surface area contributed by atoms with Gasteiger partial charge in [0.05, 0.1) is 5.75 Å². The maximum atomic E-state index is 11.8. The second kappa shape index (κ2) is 8.84. The summed E-state index contributed by atoms with van der Waals surface area (Å²) in [5.74, 6) is 0.595. The second-order valence-corrected chi connectivity index (χ2v) is 7.31. The molecule has 2 aromatic rings. The van der Waals surface area contributed by atoms with Crippen LogP contribution < -0.4 is 10.6 Å². The van der Waals surface area contributed by atoms with Gasteiger partial charge in [-0.1, -0.05) is 24.8 Å². The van der Waals surface area contributed by atoms with Crippen molar-refractivity contribution in [3.05, 3.63) is 28.2 Å². The molecule has 0 aromatic carbocycles. The quantitative estimate of drug-likeness (QED) is 0.732. The molecule has 0 unspecified atom stereocenters. The number of thiophene rings is 1. The summed E-state index contributed by atoms with van der Waals surface area (Å²) in [6.45, 7) is 3.85. The number of urea groups is 1. The van der Waals surface area contributed by atoms with Crippen molar-refractivity contribution in [1.29, 1.82) is 0 Å². The number of rotatable bonds is 7. The van der Waals surface area contributed by atoms with Crippen LogP contribution in [0.5, 0.6) is 0 Å². The van der Waals surface area contributed by atoms with Gasteiger partial charge in [0, 0.05) is 24.4 Å². The van der Waals surface area contributed by atoms with E-state index in [2.05, 4.69) is 26.9 Å². The Kier molecular flexibility index (Phi) is 6.80. The number of carbonyl (C=O) groups is 2. The number of nitrogens with one attached hydrogen (secondary N) is 2. The Balaban J connectivity index is 1.82. The summed E-state index contributed by atoms with van der Waals surface area (Å²) in [6.07, 6.45) is 1.52. The fraction of sp³-hybridized carbons (Fsp3) is 0.467. The molecular weight excluding hydrogens is 346 g/mol. The Morgan fingerprint density at radius 3 is 2.88 bits per heavy atom. The van der Waals surface area contributed by atoms with Crippen molar-refractivity contribution >= 4 is 35.0 Å². The molecular formula is C15H21N5O2S2. The molecule has 2 heterocycles. The Bertz CT molecular complexity index is 684. The van der Waals surface area contributed by atoms with Crippen molar-refractivity contribution in [2.24, 2.45) is 7.05 Å². The third-order valence-electron chi connectivity index (χ3n) is 3.41. The summed E-state index contributed by atoms with van der Waals surface area (Å²) in [6, 6.07) is 3.62. The molecule has 0 saturated carbocycles. The predicted molar refractivity (Wildman–Crippen MR) is 95.3 cm³/mol. The van der Waals surface area contributed by atoms with Crippen LogP contribution in [0.1, 0.15) is 31.0 Å². The molecule has 7 nitrogen and oxygen atoms in total. The molecule has 2 N–H and O–H groups in total. The van der Waals surface area contributed by atoms with E-state index in [1.54, 1.807) is 11.3 Å². The van der Waals surface area contributed by atoms with E-state index < -0.39 is 6.03 Å². The number of hydrogen-bond acceptors (Lipinski definition) is 6. The van der Waals surface area contributed by atoms with Crippen LogP contribution >= 0.6 is 23.1 Å². The third kappa shape index (κ3) is 5.34. The molecule has 24 heavy (non-hydrogen) atoms. The van der Waals surface area contributed by atoms with Crippen molar-refractivity contribution in [3.8, 4) is 0 Å². The van der Waals surface area contributed by atoms with E-state index in [9.17, 15) is 9.59 Å². The SMILES string of the molecule is CC[C@H](C)NC(=O)NC(=O)CSc1nnc(Cc2cccs2)n1C. The lowest BCUT2D eigenvalue weighted by Gasteiger charge is -2.11. The molecule has 1 atom stereocenters. The normalized spacial score (nSPS) is 12.0. The highest BCUT2D eigenvalue weighted by molar-refractivity contribution is 7.99. The molecule has 2 aromatic heterocycles. The number of nitrogens with zero attached hydrogens (tertiary/aromatic N) is 3. The molecule has 9 heteroatoms. The van der Waals surface area contributed by atoms with E-state index in [1.165, 1.54) is 16.6 Å². The zero-order valence-electron chi connectivity index (χ0n) is 13.9. The minimum absolute atomic E-state index is 0.0315. The molecule has 2 rings (SSSR count). The van der Waals surface area contributed by atoms with Crippen LogP contribution in [0.15, 0.2) is 22.7 Å². The van der Waals surface area contributed by atoms with Gasteiger partial charge in [-0.25, -0.2) is 4.79 Å². The van der Waals surface area contributed by atoms with Gasteiger partial charge < -0.3 is 9.88 Å². The zero-order valence-corrected chi connectivity index (χ0v) is 15.5. The summed E-state index contributed by atoms with van der Waals surface area (Å²) >= 11 is 2.93. The number of thioether (sulfide) groups is 1. The molecule has 0 aliphatic carbocycles. The fourth-order valence-corrected chi connectivity index (χ4v) is 3.28. The first-order valence-electron chi connectivity index (χ1n) is 7.63. The van der Waals surface area contributed by atoms with Crippen LogP contribution in [-0.4, -0.2) is 38.5 Å². The molecule has 0 saturated heterocycles. The molecule has 0 bridgehead atoms. The van der Waals surface area contributed by atoms with E-state index in [4.69, 9.17) is 0 Å². The Morgan fingerprint density at radius 2 is 2.21 bits per heavy atom. The molecule has 130 valence electrons. The van der Waals surface area contributed by atoms with Crippen molar-refractivity contribution in [2.75, 3.05) is 5.75 Å². The number of imide groups is 1. The lowest BCUT2D eigenvalue weighted by Crippen LogP contribution is -2.43. The van der Waals surface area contributed by atoms with Gasteiger partial charge in [0.25, 0.3) is 0 Å². The predicted octanol–water partition coefficient (Wildman–Crippen LogP) is 2.18. The van der Waals surface area contributed by atoms with Crippen LogP contribution in [0.4, 0.5) is 4.79 Å². The first-order chi connectivity index (χ1) is 11.5. The van der Waals surface area contributed by atoms with Crippen molar-refractivity contribution in [2.45, 2.75) is 37.9 Å². The van der Waals surface area contributed by atoms with Crippen molar-refractivity contribution < 1.29 is 9.59 Å². The van der Waals surface area contributed by atoms with Crippen LogP contribution in [-0.2, 0) is 18.3 Å². The minimum Gasteiger partial charge on any atom is -0.335 e. The van der Waals surface area contributed by atoms with Gasteiger partial charge in [0.2, 0.25) is 5.91 Å². The molecule has 0 aliphatic heterocycles. The first-order valence-corrected chi connectivity index (χ1v) is 9.50. The summed E-state index contributed by atoms with van der Waals surface area (Å²) in [5, 5.41) is 16.0. The average molecular weight is 368 g/mol. The fourth-order valence-electron chi connectivity index (χ4n) is 1.85. The van der Waals surface area contributed by atoms with Crippen LogP contribution in [0.25, 0.3) is 0 Å². The van der Waals surface area contributed by atoms with E-state index in [0.29, 0.717) is 11.6 Å². The lowest BCUT2D eigenvalue weighted by molar-refractivity contribution is -0.117. The standard InChI is InChI=1S/C15H21N5O2S2/c1-4-10(2)16-14(22)17-13(21)9-24-15-19-18-12(20(15)3)8-11-6-5-7-23-11/h5-7,10H,4,8-9H2,1-3H3,(H2,16,17,21,22)/t10-/m0/s1. The maximum Gasteiger partial charge on any atom is 0.321 e. The maximum absolute atomic E-state index is 11.8. The number of hydrogen-bond donors (Lipinski definition) is 2. The highest BCUT2D eigenvalue weighted by Gasteiger charge is 2.14. The molecule has 0 aliphatic rings. The summed E-state index contributed by atoms with van der Waals surface area (Å²) in [4.78, 5) is 24.6. The largest absolute Gasteiger partial charge is 0.335 e. The first kappa shape index (κ1) is 18.5. The lowest BCUT2D eigenvalue weighted by atomic mass is 10.3. The van der Waals surface area contributed by atoms with E-state index >= 15 is 0 Å². The average Bonchev–Trinajstić information content (AvgIpc) is 3.17. The Hall–Kier alpha value is -1.87. The molecule has 0 fully saturated rings. The van der Waals surface area contributed by atoms with Crippen LogP contribution in [0, 0.1) is 0 Å². The molecule has 3 amide bonds. The van der Waals surface area contributed by atoms with E-state index in [1.807, 2.05) is 36.9 Å².